The van der Waals surface area contributed by atoms with Crippen LogP contribution >= 0.6 is 12.2 Å². The van der Waals surface area contributed by atoms with Crippen molar-refractivity contribution in [2.75, 3.05) is 10.6 Å². The van der Waals surface area contributed by atoms with Gasteiger partial charge in [-0.3, -0.25) is 0 Å². The van der Waals surface area contributed by atoms with Crippen molar-refractivity contribution in [1.29, 1.82) is 0 Å². The van der Waals surface area contributed by atoms with Crippen LogP contribution in [0.3, 0.4) is 0 Å². The molecule has 90 valence electrons. The highest BCUT2D eigenvalue weighted by Crippen LogP contribution is 2.35. The van der Waals surface area contributed by atoms with Crippen molar-refractivity contribution in [3.05, 3.63) is 42.0 Å². The van der Waals surface area contributed by atoms with Gasteiger partial charge in [0.15, 0.2) is 0 Å². The SMILES string of the molecule is Oc1ccc2c(c1)NC(=S)c1cc(O)ccc1N2. The lowest BCUT2D eigenvalue weighted by Crippen LogP contribution is -2.08. The van der Waals surface area contributed by atoms with Crippen molar-refractivity contribution in [3.8, 4) is 11.5 Å². The molecule has 18 heavy (non-hydrogen) atoms. The fraction of sp³-hybridized carbons (Fsp3) is 0. The Labute approximate surface area is 109 Å². The van der Waals surface area contributed by atoms with E-state index in [1.54, 1.807) is 36.4 Å². The average Bonchev–Trinajstić information content (AvgIpc) is 2.46. The summed E-state index contributed by atoms with van der Waals surface area (Å²) in [5.74, 6) is 0.327. The topological polar surface area (TPSA) is 64.5 Å². The number of phenols is 2. The Morgan fingerprint density at radius 1 is 0.778 bits per heavy atom. The molecule has 2 aromatic rings. The highest BCUT2D eigenvalue weighted by atomic mass is 32.1. The monoisotopic (exact) mass is 258 g/mol. The maximum absolute atomic E-state index is 9.50. The standard InChI is InChI=1S/C13H10N2O2S/c16-7-1-3-10-9(5-7)13(18)15-12-6-8(17)2-4-11(12)14-10/h1-6,14,16-17H,(H,15,18). The van der Waals surface area contributed by atoms with Gasteiger partial charge in [-0.1, -0.05) is 12.2 Å². The summed E-state index contributed by atoms with van der Waals surface area (Å²) in [6.07, 6.45) is 0. The molecule has 0 amide bonds. The van der Waals surface area contributed by atoms with E-state index in [2.05, 4.69) is 10.6 Å². The lowest BCUT2D eigenvalue weighted by molar-refractivity contribution is 0.475. The van der Waals surface area contributed by atoms with E-state index in [0.29, 0.717) is 10.7 Å². The van der Waals surface area contributed by atoms with Crippen LogP contribution < -0.4 is 10.6 Å². The van der Waals surface area contributed by atoms with E-state index in [1.807, 2.05) is 0 Å². The second-order valence-corrected chi connectivity index (χ2v) is 4.45. The number of hydrogen-bond donors (Lipinski definition) is 4. The van der Waals surface area contributed by atoms with Gasteiger partial charge in [0.05, 0.1) is 11.4 Å². The first-order valence-corrected chi connectivity index (χ1v) is 5.79. The van der Waals surface area contributed by atoms with Crippen LogP contribution in [0.25, 0.3) is 0 Å². The first-order valence-electron chi connectivity index (χ1n) is 5.38. The van der Waals surface area contributed by atoms with Crippen molar-refractivity contribution >= 4 is 34.3 Å². The minimum atomic E-state index is 0.161. The molecule has 5 heteroatoms. The molecule has 2 aromatic carbocycles. The van der Waals surface area contributed by atoms with Gasteiger partial charge < -0.3 is 20.8 Å². The molecule has 0 bridgehead atoms. The Morgan fingerprint density at radius 3 is 2.22 bits per heavy atom. The van der Waals surface area contributed by atoms with Gasteiger partial charge in [0.2, 0.25) is 0 Å². The Kier molecular flexibility index (Phi) is 2.34. The zero-order valence-corrected chi connectivity index (χ0v) is 10.1. The van der Waals surface area contributed by atoms with E-state index in [9.17, 15) is 10.2 Å². The van der Waals surface area contributed by atoms with Crippen LogP contribution in [0.2, 0.25) is 0 Å². The Hall–Kier alpha value is -2.27. The molecule has 4 nitrogen and oxygen atoms in total. The fourth-order valence-electron chi connectivity index (χ4n) is 1.91. The summed E-state index contributed by atoms with van der Waals surface area (Å²) in [4.78, 5) is 0.498. The van der Waals surface area contributed by atoms with Gasteiger partial charge in [-0.15, -0.1) is 0 Å². The van der Waals surface area contributed by atoms with Crippen molar-refractivity contribution in [1.82, 2.24) is 0 Å². The van der Waals surface area contributed by atoms with Crippen LogP contribution in [-0.4, -0.2) is 15.2 Å². The summed E-state index contributed by atoms with van der Waals surface area (Å²) in [6, 6.07) is 9.93. The van der Waals surface area contributed by atoms with Gasteiger partial charge in [0.1, 0.15) is 16.5 Å². The van der Waals surface area contributed by atoms with Crippen LogP contribution in [0.5, 0.6) is 11.5 Å². The molecular formula is C13H10N2O2S. The van der Waals surface area contributed by atoms with Crippen LogP contribution in [0, 0.1) is 0 Å². The number of anilines is 3. The molecule has 0 radical (unpaired) electrons. The summed E-state index contributed by atoms with van der Waals surface area (Å²) >= 11 is 5.28. The predicted molar refractivity (Wildman–Crippen MR) is 74.8 cm³/mol. The van der Waals surface area contributed by atoms with Crippen LogP contribution in [0.1, 0.15) is 5.56 Å². The van der Waals surface area contributed by atoms with E-state index in [1.165, 1.54) is 0 Å². The normalized spacial score (nSPS) is 12.8. The van der Waals surface area contributed by atoms with Gasteiger partial charge in [0, 0.05) is 17.3 Å². The summed E-state index contributed by atoms with van der Waals surface area (Å²) in [5, 5.41) is 25.2. The molecular weight excluding hydrogens is 248 g/mol. The minimum absolute atomic E-state index is 0.161. The molecule has 4 N–H and O–H groups in total. The number of thiocarbonyl (C=S) groups is 1. The molecule has 3 rings (SSSR count). The van der Waals surface area contributed by atoms with E-state index in [0.717, 1.165) is 16.9 Å². The van der Waals surface area contributed by atoms with Gasteiger partial charge in [-0.05, 0) is 30.3 Å². The molecule has 0 fully saturated rings. The fourth-order valence-corrected chi connectivity index (χ4v) is 2.19. The largest absolute Gasteiger partial charge is 0.508 e. The first kappa shape index (κ1) is 10.9. The van der Waals surface area contributed by atoms with E-state index < -0.39 is 0 Å². The van der Waals surface area contributed by atoms with Gasteiger partial charge in [0.25, 0.3) is 0 Å². The predicted octanol–water partition coefficient (Wildman–Crippen LogP) is 2.94. The molecule has 0 aliphatic carbocycles. The quantitative estimate of drug-likeness (QED) is 0.432. The molecule has 0 atom stereocenters. The van der Waals surface area contributed by atoms with Crippen molar-refractivity contribution in [2.24, 2.45) is 0 Å². The van der Waals surface area contributed by atoms with Gasteiger partial charge in [-0.2, -0.15) is 0 Å². The zero-order chi connectivity index (χ0) is 12.7. The third-order valence-corrected chi connectivity index (χ3v) is 3.09. The van der Waals surface area contributed by atoms with Crippen LogP contribution in [-0.2, 0) is 0 Å². The second-order valence-electron chi connectivity index (χ2n) is 4.04. The van der Waals surface area contributed by atoms with Crippen LogP contribution in [0.4, 0.5) is 17.1 Å². The van der Waals surface area contributed by atoms with Crippen molar-refractivity contribution in [3.63, 3.8) is 0 Å². The number of benzene rings is 2. The van der Waals surface area contributed by atoms with E-state index >= 15 is 0 Å². The number of hydrogen-bond acceptors (Lipinski definition) is 4. The molecule has 0 unspecified atom stereocenters. The van der Waals surface area contributed by atoms with Gasteiger partial charge in [-0.25, -0.2) is 0 Å². The van der Waals surface area contributed by atoms with Crippen LogP contribution in [0.15, 0.2) is 36.4 Å². The summed E-state index contributed by atoms with van der Waals surface area (Å²) in [5.41, 5.74) is 3.06. The maximum Gasteiger partial charge on any atom is 0.117 e. The summed E-state index contributed by atoms with van der Waals surface area (Å²) in [7, 11) is 0. The number of fused-ring (bicyclic) bond motifs is 2. The molecule has 0 saturated carbocycles. The maximum atomic E-state index is 9.50. The number of phenolic OH excluding ortho intramolecular Hbond substituents is 2. The average molecular weight is 258 g/mol. The molecule has 1 aliphatic rings. The minimum Gasteiger partial charge on any atom is -0.508 e. The number of aromatic hydroxyl groups is 2. The Bertz CT molecular complexity index is 655. The first-order chi connectivity index (χ1) is 8.63. The molecule has 1 aliphatic heterocycles. The third-order valence-electron chi connectivity index (χ3n) is 2.77. The lowest BCUT2D eigenvalue weighted by atomic mass is 10.1. The Morgan fingerprint density at radius 2 is 1.44 bits per heavy atom. The highest BCUT2D eigenvalue weighted by molar-refractivity contribution is 7.81. The summed E-state index contributed by atoms with van der Waals surface area (Å²) in [6.45, 7) is 0. The molecule has 0 spiro atoms. The van der Waals surface area contributed by atoms with Gasteiger partial charge >= 0.3 is 0 Å². The van der Waals surface area contributed by atoms with Crippen molar-refractivity contribution < 1.29 is 10.2 Å². The zero-order valence-electron chi connectivity index (χ0n) is 9.27. The Balaban J connectivity index is 2.16. The molecule has 1 heterocycles. The summed E-state index contributed by atoms with van der Waals surface area (Å²) < 4.78 is 0. The smallest absolute Gasteiger partial charge is 0.117 e. The van der Waals surface area contributed by atoms with E-state index in [-0.39, 0.29) is 11.5 Å². The third kappa shape index (κ3) is 1.74. The van der Waals surface area contributed by atoms with E-state index in [4.69, 9.17) is 12.2 Å². The highest BCUT2D eigenvalue weighted by Gasteiger charge is 2.16. The lowest BCUT2D eigenvalue weighted by Gasteiger charge is -2.08. The number of nitrogens with one attached hydrogen (secondary N) is 2. The molecule has 0 saturated heterocycles. The number of rotatable bonds is 0. The molecule has 0 aromatic heterocycles. The second kappa shape index (κ2) is 3.89. The van der Waals surface area contributed by atoms with Crippen molar-refractivity contribution in [2.45, 2.75) is 0 Å².